The third kappa shape index (κ3) is 4.29. The molecule has 2 aromatic rings. The molecule has 2 heterocycles. The maximum Gasteiger partial charge on any atom is 0.269 e. The van der Waals surface area contributed by atoms with Gasteiger partial charge in [-0.25, -0.2) is 9.97 Å². The Morgan fingerprint density at radius 2 is 1.77 bits per heavy atom. The van der Waals surface area contributed by atoms with E-state index in [1.807, 2.05) is 11.8 Å². The molecule has 1 aromatic carbocycles. The highest BCUT2D eigenvalue weighted by Crippen LogP contribution is 2.26. The van der Waals surface area contributed by atoms with Crippen molar-refractivity contribution in [1.82, 2.24) is 14.9 Å². The Morgan fingerprint density at radius 3 is 2.35 bits per heavy atom. The predicted octanol–water partition coefficient (Wildman–Crippen LogP) is 2.21. The largest absolute Gasteiger partial charge is 0.338 e. The number of amides is 1. The van der Waals surface area contributed by atoms with E-state index in [9.17, 15) is 14.9 Å². The van der Waals surface area contributed by atoms with Gasteiger partial charge in [-0.3, -0.25) is 14.9 Å². The van der Waals surface area contributed by atoms with E-state index in [0.717, 1.165) is 4.90 Å². The number of nitro groups is 1. The first-order valence-electron chi connectivity index (χ1n) is 8.26. The van der Waals surface area contributed by atoms with E-state index in [1.54, 1.807) is 30.6 Å². The zero-order valence-corrected chi connectivity index (χ0v) is 15.1. The van der Waals surface area contributed by atoms with Crippen LogP contribution in [0, 0.1) is 10.1 Å². The molecule has 3 rings (SSSR count). The normalized spacial score (nSPS) is 15.6. The van der Waals surface area contributed by atoms with Crippen LogP contribution in [0.4, 0.5) is 11.6 Å². The summed E-state index contributed by atoms with van der Waals surface area (Å²) < 4.78 is 0. The lowest BCUT2D eigenvalue weighted by Gasteiger charge is -2.35. The smallest absolute Gasteiger partial charge is 0.269 e. The van der Waals surface area contributed by atoms with Crippen LogP contribution in [0.1, 0.15) is 6.92 Å². The summed E-state index contributed by atoms with van der Waals surface area (Å²) in [5.74, 6) is 0.759. The number of benzene rings is 1. The van der Waals surface area contributed by atoms with Crippen molar-refractivity contribution in [2.45, 2.75) is 17.1 Å². The summed E-state index contributed by atoms with van der Waals surface area (Å²) in [4.78, 5) is 36.2. The molecule has 1 amide bonds. The van der Waals surface area contributed by atoms with Crippen molar-refractivity contribution in [2.75, 3.05) is 31.1 Å². The number of aromatic nitrogens is 2. The summed E-state index contributed by atoms with van der Waals surface area (Å²) in [5.41, 5.74) is 0.0487. The van der Waals surface area contributed by atoms with Gasteiger partial charge in [0.25, 0.3) is 5.69 Å². The Labute approximate surface area is 155 Å². The van der Waals surface area contributed by atoms with E-state index >= 15 is 0 Å². The number of carbonyl (C=O) groups excluding carboxylic acids is 1. The van der Waals surface area contributed by atoms with Crippen molar-refractivity contribution in [2.24, 2.45) is 0 Å². The average Bonchev–Trinajstić information content (AvgIpc) is 2.68. The summed E-state index contributed by atoms with van der Waals surface area (Å²) in [5, 5.41) is 10.4. The fraction of sp³-hybridized carbons (Fsp3) is 0.353. The summed E-state index contributed by atoms with van der Waals surface area (Å²) in [6, 6.07) is 8.05. The van der Waals surface area contributed by atoms with E-state index in [-0.39, 0.29) is 16.8 Å². The minimum Gasteiger partial charge on any atom is -0.338 e. The number of thioether (sulfide) groups is 1. The van der Waals surface area contributed by atoms with Gasteiger partial charge in [-0.05, 0) is 25.1 Å². The van der Waals surface area contributed by atoms with E-state index in [0.29, 0.717) is 32.1 Å². The molecule has 0 bridgehead atoms. The molecule has 26 heavy (non-hydrogen) atoms. The lowest BCUT2D eigenvalue weighted by atomic mass is 10.3. The van der Waals surface area contributed by atoms with Gasteiger partial charge in [0.1, 0.15) is 0 Å². The van der Waals surface area contributed by atoms with Crippen LogP contribution in [0.5, 0.6) is 0 Å². The van der Waals surface area contributed by atoms with Gasteiger partial charge in [-0.15, -0.1) is 11.8 Å². The van der Waals surface area contributed by atoms with Crippen molar-refractivity contribution in [1.29, 1.82) is 0 Å². The van der Waals surface area contributed by atoms with Crippen molar-refractivity contribution in [3.05, 3.63) is 52.8 Å². The Kier molecular flexibility index (Phi) is 5.67. The van der Waals surface area contributed by atoms with Gasteiger partial charge in [0.15, 0.2) is 0 Å². The number of hydrogen-bond acceptors (Lipinski definition) is 7. The van der Waals surface area contributed by atoms with E-state index in [1.165, 1.54) is 23.9 Å². The third-order valence-corrected chi connectivity index (χ3v) is 5.23. The number of nitro benzene ring substituents is 1. The highest BCUT2D eigenvalue weighted by molar-refractivity contribution is 8.00. The average molecular weight is 373 g/mol. The number of anilines is 1. The quantitative estimate of drug-likeness (QED) is 0.451. The number of nitrogens with zero attached hydrogens (tertiary/aromatic N) is 5. The standard InChI is InChI=1S/C17H19N5O3S/c1-13(26-15-5-3-14(4-6-15)22(24)25)16(23)20-9-11-21(12-10-20)17-18-7-2-8-19-17/h2-8,13H,9-12H2,1H3/t13-/m0/s1. The summed E-state index contributed by atoms with van der Waals surface area (Å²) >= 11 is 1.41. The molecule has 0 unspecified atom stereocenters. The third-order valence-electron chi connectivity index (χ3n) is 4.13. The predicted molar refractivity (Wildman–Crippen MR) is 99.2 cm³/mol. The Balaban J connectivity index is 1.53. The van der Waals surface area contributed by atoms with Crippen LogP contribution in [-0.4, -0.2) is 57.1 Å². The highest BCUT2D eigenvalue weighted by atomic mass is 32.2. The fourth-order valence-electron chi connectivity index (χ4n) is 2.74. The number of rotatable bonds is 5. The van der Waals surface area contributed by atoms with Crippen molar-refractivity contribution in [3.8, 4) is 0 Å². The first-order chi connectivity index (χ1) is 12.5. The second-order valence-corrected chi connectivity index (χ2v) is 7.29. The molecule has 1 aliphatic rings. The molecule has 0 aliphatic carbocycles. The minimum atomic E-state index is -0.432. The van der Waals surface area contributed by atoms with Crippen LogP contribution >= 0.6 is 11.8 Å². The molecule has 1 fully saturated rings. The molecule has 0 spiro atoms. The zero-order valence-electron chi connectivity index (χ0n) is 14.3. The fourth-order valence-corrected chi connectivity index (χ4v) is 3.69. The molecule has 136 valence electrons. The zero-order chi connectivity index (χ0) is 18.5. The molecule has 0 radical (unpaired) electrons. The Hall–Kier alpha value is -2.68. The van der Waals surface area contributed by atoms with Gasteiger partial charge < -0.3 is 9.80 Å². The molecular formula is C17H19N5O3S. The first kappa shape index (κ1) is 18.1. The molecule has 0 N–H and O–H groups in total. The molecule has 0 saturated carbocycles. The van der Waals surface area contributed by atoms with Gasteiger partial charge in [0, 0.05) is 55.6 Å². The number of hydrogen-bond donors (Lipinski definition) is 0. The monoisotopic (exact) mass is 373 g/mol. The van der Waals surface area contributed by atoms with E-state index in [4.69, 9.17) is 0 Å². The highest BCUT2D eigenvalue weighted by Gasteiger charge is 2.26. The minimum absolute atomic E-state index is 0.0487. The number of carbonyl (C=O) groups is 1. The van der Waals surface area contributed by atoms with Gasteiger partial charge >= 0.3 is 0 Å². The summed E-state index contributed by atoms with van der Waals surface area (Å²) in [7, 11) is 0. The van der Waals surface area contributed by atoms with Gasteiger partial charge in [0.05, 0.1) is 10.2 Å². The van der Waals surface area contributed by atoms with Gasteiger partial charge in [-0.2, -0.15) is 0 Å². The number of piperazine rings is 1. The van der Waals surface area contributed by atoms with Crippen molar-refractivity contribution < 1.29 is 9.72 Å². The lowest BCUT2D eigenvalue weighted by molar-refractivity contribution is -0.384. The van der Waals surface area contributed by atoms with E-state index < -0.39 is 4.92 Å². The molecule has 1 atom stereocenters. The van der Waals surface area contributed by atoms with Crippen LogP contribution in [0.3, 0.4) is 0 Å². The van der Waals surface area contributed by atoms with Crippen LogP contribution in [0.15, 0.2) is 47.6 Å². The van der Waals surface area contributed by atoms with Gasteiger partial charge in [-0.1, -0.05) is 0 Å². The molecule has 8 nitrogen and oxygen atoms in total. The molecule has 1 aliphatic heterocycles. The van der Waals surface area contributed by atoms with Crippen molar-refractivity contribution in [3.63, 3.8) is 0 Å². The van der Waals surface area contributed by atoms with Crippen LogP contribution in [0.2, 0.25) is 0 Å². The Morgan fingerprint density at radius 1 is 1.15 bits per heavy atom. The van der Waals surface area contributed by atoms with Crippen molar-refractivity contribution >= 4 is 29.3 Å². The second-order valence-electron chi connectivity index (χ2n) is 5.87. The van der Waals surface area contributed by atoms with Gasteiger partial charge in [0.2, 0.25) is 11.9 Å². The van der Waals surface area contributed by atoms with Crippen LogP contribution in [0.25, 0.3) is 0 Å². The van der Waals surface area contributed by atoms with Crippen LogP contribution in [-0.2, 0) is 4.79 Å². The molecular weight excluding hydrogens is 354 g/mol. The second kappa shape index (κ2) is 8.13. The van der Waals surface area contributed by atoms with E-state index in [2.05, 4.69) is 14.9 Å². The summed E-state index contributed by atoms with van der Waals surface area (Å²) in [6.45, 7) is 4.51. The maximum absolute atomic E-state index is 12.7. The molecule has 1 saturated heterocycles. The maximum atomic E-state index is 12.7. The SMILES string of the molecule is C[C@H](Sc1ccc([N+](=O)[O-])cc1)C(=O)N1CCN(c2ncccn2)CC1. The summed E-state index contributed by atoms with van der Waals surface area (Å²) in [6.07, 6.45) is 3.42. The molecule has 1 aromatic heterocycles. The van der Waals surface area contributed by atoms with Crippen LogP contribution < -0.4 is 4.90 Å². The Bertz CT molecular complexity index is 764. The number of non-ortho nitro benzene ring substituents is 1. The molecule has 9 heteroatoms. The topological polar surface area (TPSA) is 92.5 Å². The lowest BCUT2D eigenvalue weighted by Crippen LogP contribution is -2.51. The first-order valence-corrected chi connectivity index (χ1v) is 9.14.